The first kappa shape index (κ1) is 13.0. The maximum absolute atomic E-state index is 9.47. The third-order valence-corrected chi connectivity index (χ3v) is 4.23. The summed E-state index contributed by atoms with van der Waals surface area (Å²) in [5, 5.41) is 22.1. The van der Waals surface area contributed by atoms with E-state index in [9.17, 15) is 10.2 Å². The van der Waals surface area contributed by atoms with Crippen molar-refractivity contribution in [3.05, 3.63) is 16.1 Å². The van der Waals surface area contributed by atoms with Gasteiger partial charge < -0.3 is 10.2 Å². The van der Waals surface area contributed by atoms with Crippen LogP contribution in [0, 0.1) is 0 Å². The number of nitrogens with zero attached hydrogens (tertiary/aromatic N) is 2. The number of aliphatic hydroxyl groups excluding tert-OH is 2. The summed E-state index contributed by atoms with van der Waals surface area (Å²) in [6.07, 6.45) is -1.23. The summed E-state index contributed by atoms with van der Waals surface area (Å²) >= 11 is 1.68. The molecule has 0 bridgehead atoms. The van der Waals surface area contributed by atoms with Crippen molar-refractivity contribution in [2.24, 2.45) is 0 Å². The second kappa shape index (κ2) is 4.65. The van der Waals surface area contributed by atoms with E-state index in [2.05, 4.69) is 31.1 Å². The highest BCUT2D eigenvalue weighted by molar-refractivity contribution is 7.09. The van der Waals surface area contributed by atoms with Crippen LogP contribution < -0.4 is 0 Å². The highest BCUT2D eigenvalue weighted by Gasteiger charge is 2.30. The Kier molecular flexibility index (Phi) is 3.54. The zero-order valence-corrected chi connectivity index (χ0v) is 11.4. The van der Waals surface area contributed by atoms with E-state index in [0.717, 1.165) is 10.7 Å². The summed E-state index contributed by atoms with van der Waals surface area (Å²) in [6, 6.07) is 0. The molecule has 1 saturated heterocycles. The highest BCUT2D eigenvalue weighted by Crippen LogP contribution is 2.26. The lowest BCUT2D eigenvalue weighted by Gasteiger charge is -2.15. The van der Waals surface area contributed by atoms with Crippen molar-refractivity contribution in [3.8, 4) is 0 Å². The number of rotatable bonds is 2. The predicted molar refractivity (Wildman–Crippen MR) is 68.1 cm³/mol. The number of aliphatic hydroxyl groups is 2. The monoisotopic (exact) mass is 256 g/mol. The Labute approximate surface area is 106 Å². The van der Waals surface area contributed by atoms with Crippen LogP contribution in [0.25, 0.3) is 0 Å². The fraction of sp³-hybridized carbons (Fsp3) is 0.750. The molecule has 2 atom stereocenters. The van der Waals surface area contributed by atoms with Crippen molar-refractivity contribution >= 4 is 11.3 Å². The van der Waals surface area contributed by atoms with Crippen molar-refractivity contribution in [2.45, 2.75) is 44.9 Å². The van der Waals surface area contributed by atoms with Crippen LogP contribution >= 0.6 is 11.3 Å². The van der Waals surface area contributed by atoms with E-state index in [1.165, 1.54) is 0 Å². The molecule has 17 heavy (non-hydrogen) atoms. The van der Waals surface area contributed by atoms with Crippen LogP contribution in [0.4, 0.5) is 0 Å². The van der Waals surface area contributed by atoms with Gasteiger partial charge in [-0.25, -0.2) is 4.98 Å². The zero-order chi connectivity index (χ0) is 12.6. The summed E-state index contributed by atoms with van der Waals surface area (Å²) in [5.74, 6) is 0. The van der Waals surface area contributed by atoms with E-state index in [-0.39, 0.29) is 5.41 Å². The quantitative estimate of drug-likeness (QED) is 0.828. The standard InChI is InChI=1S/C12H20N2O2S/c1-12(2,3)11-13-8(7-17-11)4-14-5-9(15)10(16)6-14/h7,9-10,15-16H,4-6H2,1-3H3. The normalized spacial score (nSPS) is 26.6. The van der Waals surface area contributed by atoms with E-state index in [1.807, 2.05) is 4.90 Å². The van der Waals surface area contributed by atoms with Crippen LogP contribution in [-0.2, 0) is 12.0 Å². The van der Waals surface area contributed by atoms with E-state index in [4.69, 9.17) is 0 Å². The van der Waals surface area contributed by atoms with Gasteiger partial charge in [0, 0.05) is 30.4 Å². The van der Waals surface area contributed by atoms with Gasteiger partial charge in [0.2, 0.25) is 0 Å². The minimum absolute atomic E-state index is 0.0902. The second-order valence-electron chi connectivity index (χ2n) is 5.72. The molecule has 0 spiro atoms. The molecule has 0 saturated carbocycles. The topological polar surface area (TPSA) is 56.6 Å². The first-order chi connectivity index (χ1) is 7.86. The number of hydrogen-bond acceptors (Lipinski definition) is 5. The molecule has 0 aromatic carbocycles. The van der Waals surface area contributed by atoms with Gasteiger partial charge >= 0.3 is 0 Å². The van der Waals surface area contributed by atoms with Crippen molar-refractivity contribution in [1.82, 2.24) is 9.88 Å². The van der Waals surface area contributed by atoms with Crippen molar-refractivity contribution < 1.29 is 10.2 Å². The van der Waals surface area contributed by atoms with E-state index in [1.54, 1.807) is 11.3 Å². The molecule has 1 fully saturated rings. The van der Waals surface area contributed by atoms with Crippen LogP contribution in [0.5, 0.6) is 0 Å². The lowest BCUT2D eigenvalue weighted by atomic mass is 9.98. The molecule has 2 unspecified atom stereocenters. The molecule has 4 nitrogen and oxygen atoms in total. The van der Waals surface area contributed by atoms with Crippen molar-refractivity contribution in [3.63, 3.8) is 0 Å². The summed E-state index contributed by atoms with van der Waals surface area (Å²) < 4.78 is 0. The first-order valence-corrected chi connectivity index (χ1v) is 6.77. The Bertz CT molecular complexity index is 376. The SMILES string of the molecule is CC(C)(C)c1nc(CN2CC(O)C(O)C2)cs1. The maximum atomic E-state index is 9.47. The average molecular weight is 256 g/mol. The van der Waals surface area contributed by atoms with Crippen LogP contribution in [-0.4, -0.2) is 45.4 Å². The molecule has 1 aliphatic heterocycles. The van der Waals surface area contributed by atoms with E-state index < -0.39 is 12.2 Å². The van der Waals surface area contributed by atoms with Crippen molar-refractivity contribution in [2.75, 3.05) is 13.1 Å². The minimum Gasteiger partial charge on any atom is -0.389 e. The summed E-state index contributed by atoms with van der Waals surface area (Å²) in [7, 11) is 0. The fourth-order valence-corrected chi connectivity index (χ4v) is 2.83. The number of likely N-dealkylation sites (tertiary alicyclic amines) is 1. The van der Waals surface area contributed by atoms with Gasteiger partial charge in [0.15, 0.2) is 0 Å². The molecule has 2 rings (SSSR count). The molecule has 2 heterocycles. The molecule has 96 valence electrons. The lowest BCUT2D eigenvalue weighted by molar-refractivity contribution is 0.0572. The molecule has 0 amide bonds. The Hall–Kier alpha value is -0.490. The van der Waals surface area contributed by atoms with Crippen LogP contribution in [0.15, 0.2) is 5.38 Å². The summed E-state index contributed by atoms with van der Waals surface area (Å²) in [5.41, 5.74) is 1.12. The first-order valence-electron chi connectivity index (χ1n) is 5.89. The Morgan fingerprint density at radius 3 is 2.41 bits per heavy atom. The smallest absolute Gasteiger partial charge is 0.0982 e. The van der Waals surface area contributed by atoms with Crippen LogP contribution in [0.2, 0.25) is 0 Å². The highest BCUT2D eigenvalue weighted by atomic mass is 32.1. The fourth-order valence-electron chi connectivity index (χ4n) is 1.93. The maximum Gasteiger partial charge on any atom is 0.0982 e. The molecule has 1 aliphatic rings. The average Bonchev–Trinajstić information content (AvgIpc) is 2.75. The van der Waals surface area contributed by atoms with Crippen LogP contribution in [0.1, 0.15) is 31.5 Å². The van der Waals surface area contributed by atoms with Gasteiger partial charge in [0.1, 0.15) is 0 Å². The zero-order valence-electron chi connectivity index (χ0n) is 10.6. The van der Waals surface area contributed by atoms with Gasteiger partial charge in [0.05, 0.1) is 22.9 Å². The van der Waals surface area contributed by atoms with E-state index >= 15 is 0 Å². The Balaban J connectivity index is 1.98. The summed E-state index contributed by atoms with van der Waals surface area (Å²) in [6.45, 7) is 8.23. The van der Waals surface area contributed by atoms with Gasteiger partial charge in [0.25, 0.3) is 0 Å². The number of thiazole rings is 1. The van der Waals surface area contributed by atoms with Gasteiger partial charge in [-0.15, -0.1) is 11.3 Å². The molecule has 1 aromatic heterocycles. The number of β-amino-alcohol motifs (C(OH)–C–C–N with tert-alkyl or cyclic N) is 2. The molecule has 5 heteroatoms. The molecule has 2 N–H and O–H groups in total. The third kappa shape index (κ3) is 3.04. The van der Waals surface area contributed by atoms with Crippen LogP contribution in [0.3, 0.4) is 0 Å². The number of hydrogen-bond donors (Lipinski definition) is 2. The summed E-state index contributed by atoms with van der Waals surface area (Å²) in [4.78, 5) is 6.65. The molecular weight excluding hydrogens is 236 g/mol. The lowest BCUT2D eigenvalue weighted by Crippen LogP contribution is -2.22. The van der Waals surface area contributed by atoms with Gasteiger partial charge in [-0.2, -0.15) is 0 Å². The molecule has 0 radical (unpaired) electrons. The Morgan fingerprint density at radius 2 is 1.94 bits per heavy atom. The molecular formula is C12H20N2O2S. The van der Waals surface area contributed by atoms with E-state index in [0.29, 0.717) is 19.6 Å². The third-order valence-electron chi connectivity index (χ3n) is 2.91. The van der Waals surface area contributed by atoms with Crippen molar-refractivity contribution in [1.29, 1.82) is 0 Å². The Morgan fingerprint density at radius 1 is 1.35 bits per heavy atom. The largest absolute Gasteiger partial charge is 0.389 e. The second-order valence-corrected chi connectivity index (χ2v) is 6.58. The van der Waals surface area contributed by atoms with Gasteiger partial charge in [-0.05, 0) is 0 Å². The molecule has 1 aromatic rings. The van der Waals surface area contributed by atoms with Gasteiger partial charge in [-0.1, -0.05) is 20.8 Å². The predicted octanol–water partition coefficient (Wildman–Crippen LogP) is 0.978. The molecule has 0 aliphatic carbocycles. The van der Waals surface area contributed by atoms with Gasteiger partial charge in [-0.3, -0.25) is 4.90 Å². The minimum atomic E-state index is -0.615. The number of aromatic nitrogens is 1.